The summed E-state index contributed by atoms with van der Waals surface area (Å²) in [4.78, 5) is 11.9. The molecule has 1 unspecified atom stereocenters. The van der Waals surface area contributed by atoms with Gasteiger partial charge in [0.25, 0.3) is 0 Å². The molecule has 0 bridgehead atoms. The number of hydrogen-bond acceptors (Lipinski definition) is 2. The number of rotatable bonds is 5. The van der Waals surface area contributed by atoms with Gasteiger partial charge in [-0.1, -0.05) is 43.2 Å². The van der Waals surface area contributed by atoms with Crippen molar-refractivity contribution in [2.45, 2.75) is 44.6 Å². The number of carbonyl (C=O) groups excluding carboxylic acids is 1. The van der Waals surface area contributed by atoms with Gasteiger partial charge in [0, 0.05) is 12.3 Å². The van der Waals surface area contributed by atoms with E-state index in [1.165, 1.54) is 12.8 Å². The minimum Gasteiger partial charge on any atom is -0.388 e. The van der Waals surface area contributed by atoms with E-state index in [9.17, 15) is 9.90 Å². The van der Waals surface area contributed by atoms with Crippen molar-refractivity contribution in [2.24, 2.45) is 5.92 Å². The summed E-state index contributed by atoms with van der Waals surface area (Å²) < 4.78 is 0. The Morgan fingerprint density at radius 1 is 1.24 bits per heavy atom. The van der Waals surface area contributed by atoms with E-state index in [0.717, 1.165) is 18.4 Å². The SMILES string of the molecule is O=C(CCC(O)c1ccccc1)C1CCCC1. The van der Waals surface area contributed by atoms with E-state index in [1.807, 2.05) is 30.3 Å². The molecule has 0 aromatic heterocycles. The Bertz CT molecular complexity index is 352. The molecule has 0 amide bonds. The Hall–Kier alpha value is -1.15. The monoisotopic (exact) mass is 232 g/mol. The van der Waals surface area contributed by atoms with Crippen LogP contribution in [0.5, 0.6) is 0 Å². The quantitative estimate of drug-likeness (QED) is 0.846. The summed E-state index contributed by atoms with van der Waals surface area (Å²) >= 11 is 0. The van der Waals surface area contributed by atoms with Crippen molar-refractivity contribution in [1.82, 2.24) is 0 Å². The number of benzene rings is 1. The minimum absolute atomic E-state index is 0.276. The van der Waals surface area contributed by atoms with Gasteiger partial charge in [0.15, 0.2) is 0 Å². The maximum atomic E-state index is 11.9. The van der Waals surface area contributed by atoms with Crippen LogP contribution in [0.2, 0.25) is 0 Å². The molecule has 17 heavy (non-hydrogen) atoms. The first-order valence-corrected chi connectivity index (χ1v) is 6.53. The van der Waals surface area contributed by atoms with Gasteiger partial charge in [0.2, 0.25) is 0 Å². The summed E-state index contributed by atoms with van der Waals surface area (Å²) in [6.07, 6.45) is 5.07. The van der Waals surface area contributed by atoms with Gasteiger partial charge in [-0.25, -0.2) is 0 Å². The highest BCUT2D eigenvalue weighted by Crippen LogP contribution is 2.28. The Morgan fingerprint density at radius 3 is 2.53 bits per heavy atom. The van der Waals surface area contributed by atoms with E-state index in [4.69, 9.17) is 0 Å². The van der Waals surface area contributed by atoms with Crippen molar-refractivity contribution in [3.63, 3.8) is 0 Å². The van der Waals surface area contributed by atoms with Crippen LogP contribution < -0.4 is 0 Å². The number of ketones is 1. The van der Waals surface area contributed by atoms with Crippen molar-refractivity contribution in [2.75, 3.05) is 0 Å². The molecule has 1 aliphatic carbocycles. The number of aliphatic hydroxyl groups is 1. The van der Waals surface area contributed by atoms with Crippen LogP contribution in [0, 0.1) is 5.92 Å². The van der Waals surface area contributed by atoms with Crippen LogP contribution in [-0.2, 0) is 4.79 Å². The highest BCUT2D eigenvalue weighted by molar-refractivity contribution is 5.81. The molecule has 92 valence electrons. The summed E-state index contributed by atoms with van der Waals surface area (Å²) in [6.45, 7) is 0. The highest BCUT2D eigenvalue weighted by Gasteiger charge is 2.22. The first-order valence-electron chi connectivity index (χ1n) is 6.53. The Balaban J connectivity index is 1.80. The smallest absolute Gasteiger partial charge is 0.136 e. The number of aliphatic hydroxyl groups excluding tert-OH is 1. The molecule has 1 atom stereocenters. The molecule has 1 fully saturated rings. The zero-order valence-electron chi connectivity index (χ0n) is 10.1. The minimum atomic E-state index is -0.499. The molecular weight excluding hydrogens is 212 g/mol. The summed E-state index contributed by atoms with van der Waals surface area (Å²) in [5.74, 6) is 0.621. The van der Waals surface area contributed by atoms with Crippen molar-refractivity contribution in [3.8, 4) is 0 Å². The lowest BCUT2D eigenvalue weighted by Crippen LogP contribution is -2.12. The molecule has 1 aliphatic rings. The number of Topliss-reactive ketones (excluding diaryl/α,β-unsaturated/α-hetero) is 1. The third kappa shape index (κ3) is 3.40. The lowest BCUT2D eigenvalue weighted by Gasteiger charge is -2.12. The summed E-state index contributed by atoms with van der Waals surface area (Å²) in [7, 11) is 0. The van der Waals surface area contributed by atoms with E-state index in [-0.39, 0.29) is 5.92 Å². The van der Waals surface area contributed by atoms with Crippen LogP contribution >= 0.6 is 0 Å². The first-order chi connectivity index (χ1) is 8.27. The fourth-order valence-corrected chi connectivity index (χ4v) is 2.57. The lowest BCUT2D eigenvalue weighted by atomic mass is 9.96. The molecule has 2 nitrogen and oxygen atoms in total. The molecule has 1 N–H and O–H groups in total. The highest BCUT2D eigenvalue weighted by atomic mass is 16.3. The van der Waals surface area contributed by atoms with E-state index in [1.54, 1.807) is 0 Å². The summed E-state index contributed by atoms with van der Waals surface area (Å²) in [6, 6.07) is 9.57. The second kappa shape index (κ2) is 5.97. The van der Waals surface area contributed by atoms with E-state index >= 15 is 0 Å². The van der Waals surface area contributed by atoms with Crippen molar-refractivity contribution in [1.29, 1.82) is 0 Å². The van der Waals surface area contributed by atoms with Gasteiger partial charge in [-0.3, -0.25) is 4.79 Å². The van der Waals surface area contributed by atoms with Gasteiger partial charge in [-0.15, -0.1) is 0 Å². The summed E-state index contributed by atoms with van der Waals surface area (Å²) in [5.41, 5.74) is 0.909. The molecule has 0 spiro atoms. The summed E-state index contributed by atoms with van der Waals surface area (Å²) in [5, 5.41) is 9.96. The first kappa shape index (κ1) is 12.3. The third-order valence-electron chi connectivity index (χ3n) is 3.66. The predicted octanol–water partition coefficient (Wildman–Crippen LogP) is 3.26. The van der Waals surface area contributed by atoms with Gasteiger partial charge in [0.1, 0.15) is 5.78 Å². The van der Waals surface area contributed by atoms with Crippen LogP contribution in [0.15, 0.2) is 30.3 Å². The van der Waals surface area contributed by atoms with Crippen LogP contribution in [0.3, 0.4) is 0 Å². The molecule has 1 aromatic rings. The van der Waals surface area contributed by atoms with E-state index in [0.29, 0.717) is 18.6 Å². The normalized spacial score (nSPS) is 18.2. The van der Waals surface area contributed by atoms with Crippen LogP contribution in [0.25, 0.3) is 0 Å². The Kier molecular flexibility index (Phi) is 4.32. The van der Waals surface area contributed by atoms with Gasteiger partial charge < -0.3 is 5.11 Å². The molecule has 0 radical (unpaired) electrons. The Labute approximate surface area is 103 Å². The fourth-order valence-electron chi connectivity index (χ4n) is 2.57. The van der Waals surface area contributed by atoms with Crippen molar-refractivity contribution < 1.29 is 9.90 Å². The van der Waals surface area contributed by atoms with E-state index in [2.05, 4.69) is 0 Å². The van der Waals surface area contributed by atoms with Crippen LogP contribution in [0.1, 0.15) is 50.2 Å². The molecule has 0 saturated heterocycles. The van der Waals surface area contributed by atoms with Crippen molar-refractivity contribution in [3.05, 3.63) is 35.9 Å². The molecule has 0 heterocycles. The predicted molar refractivity (Wildman–Crippen MR) is 67.6 cm³/mol. The zero-order valence-corrected chi connectivity index (χ0v) is 10.1. The van der Waals surface area contributed by atoms with Gasteiger partial charge in [-0.05, 0) is 24.8 Å². The molecule has 1 aromatic carbocycles. The van der Waals surface area contributed by atoms with Gasteiger partial charge in [-0.2, -0.15) is 0 Å². The molecule has 0 aliphatic heterocycles. The third-order valence-corrected chi connectivity index (χ3v) is 3.66. The average Bonchev–Trinajstić information content (AvgIpc) is 2.90. The van der Waals surface area contributed by atoms with Gasteiger partial charge >= 0.3 is 0 Å². The average molecular weight is 232 g/mol. The molecule has 1 saturated carbocycles. The topological polar surface area (TPSA) is 37.3 Å². The second-order valence-corrected chi connectivity index (χ2v) is 4.91. The zero-order chi connectivity index (χ0) is 12.1. The fraction of sp³-hybridized carbons (Fsp3) is 0.533. The van der Waals surface area contributed by atoms with E-state index < -0.39 is 6.10 Å². The standard InChI is InChI=1S/C15H20O2/c16-14(12-6-2-1-3-7-12)10-11-15(17)13-8-4-5-9-13/h1-3,6-7,13-14,16H,4-5,8-11H2. The molecule has 2 rings (SSSR count). The largest absolute Gasteiger partial charge is 0.388 e. The van der Waals surface area contributed by atoms with Crippen LogP contribution in [0.4, 0.5) is 0 Å². The number of hydrogen-bond donors (Lipinski definition) is 1. The Morgan fingerprint density at radius 2 is 1.88 bits per heavy atom. The van der Waals surface area contributed by atoms with Gasteiger partial charge in [0.05, 0.1) is 6.10 Å². The van der Waals surface area contributed by atoms with Crippen LogP contribution in [-0.4, -0.2) is 10.9 Å². The second-order valence-electron chi connectivity index (χ2n) is 4.91. The maximum Gasteiger partial charge on any atom is 0.136 e. The maximum absolute atomic E-state index is 11.9. The lowest BCUT2D eigenvalue weighted by molar-refractivity contribution is -0.123. The number of carbonyl (C=O) groups is 1. The molecular formula is C15H20O2. The van der Waals surface area contributed by atoms with Crippen molar-refractivity contribution >= 4 is 5.78 Å². The molecule has 2 heteroatoms.